The molecule has 5 nitrogen and oxygen atoms in total. The zero-order valence-electron chi connectivity index (χ0n) is 9.91. The Kier molecular flexibility index (Phi) is 4.96. The standard InChI is InChI=1S/C11H15F2N3O2/c1-2-14-10(18)9-5-8(3-4-15-9)16-6-11(12,13)7-17/h3-5,17H,2,6-7H2,1H3,(H,14,18)(H,15,16). The van der Waals surface area contributed by atoms with Gasteiger partial charge in [0, 0.05) is 18.4 Å². The molecule has 0 aliphatic heterocycles. The molecular formula is C11H15F2N3O2. The summed E-state index contributed by atoms with van der Waals surface area (Å²) in [5, 5.41) is 13.4. The number of nitrogens with zero attached hydrogens (tertiary/aromatic N) is 1. The first-order valence-electron chi connectivity index (χ1n) is 5.45. The maximum absolute atomic E-state index is 12.8. The molecule has 0 saturated heterocycles. The van der Waals surface area contributed by atoms with Gasteiger partial charge in [-0.1, -0.05) is 0 Å². The van der Waals surface area contributed by atoms with E-state index >= 15 is 0 Å². The van der Waals surface area contributed by atoms with Crippen LogP contribution in [0.25, 0.3) is 0 Å². The predicted octanol–water partition coefficient (Wildman–Crippen LogP) is 0.871. The highest BCUT2D eigenvalue weighted by Gasteiger charge is 2.27. The van der Waals surface area contributed by atoms with Gasteiger partial charge in [0.05, 0.1) is 6.54 Å². The van der Waals surface area contributed by atoms with Crippen LogP contribution >= 0.6 is 0 Å². The van der Waals surface area contributed by atoms with Crippen LogP contribution in [0.3, 0.4) is 0 Å². The Morgan fingerprint density at radius 2 is 2.28 bits per heavy atom. The monoisotopic (exact) mass is 259 g/mol. The van der Waals surface area contributed by atoms with Crippen molar-refractivity contribution in [2.24, 2.45) is 0 Å². The third kappa shape index (κ3) is 4.25. The van der Waals surface area contributed by atoms with Crippen LogP contribution in [0, 0.1) is 0 Å². The molecule has 0 fully saturated rings. The van der Waals surface area contributed by atoms with Gasteiger partial charge in [0.2, 0.25) is 0 Å². The van der Waals surface area contributed by atoms with Crippen molar-refractivity contribution in [3.05, 3.63) is 24.0 Å². The van der Waals surface area contributed by atoms with E-state index < -0.39 is 19.1 Å². The van der Waals surface area contributed by atoms with Gasteiger partial charge >= 0.3 is 0 Å². The number of anilines is 1. The third-order valence-corrected chi connectivity index (χ3v) is 2.11. The van der Waals surface area contributed by atoms with Crippen molar-refractivity contribution in [1.82, 2.24) is 10.3 Å². The van der Waals surface area contributed by atoms with Crippen molar-refractivity contribution >= 4 is 11.6 Å². The normalized spacial score (nSPS) is 11.1. The number of carbonyl (C=O) groups excluding carboxylic acids is 1. The van der Waals surface area contributed by atoms with Crippen LogP contribution in [0.5, 0.6) is 0 Å². The number of amides is 1. The highest BCUT2D eigenvalue weighted by atomic mass is 19.3. The second-order valence-corrected chi connectivity index (χ2v) is 3.66. The van der Waals surface area contributed by atoms with Gasteiger partial charge in [0.1, 0.15) is 12.3 Å². The average molecular weight is 259 g/mol. The lowest BCUT2D eigenvalue weighted by molar-refractivity contribution is -0.0372. The third-order valence-electron chi connectivity index (χ3n) is 2.11. The lowest BCUT2D eigenvalue weighted by Gasteiger charge is -2.15. The number of aliphatic hydroxyl groups is 1. The van der Waals surface area contributed by atoms with Gasteiger partial charge in [-0.2, -0.15) is 0 Å². The second kappa shape index (κ2) is 6.25. The molecule has 0 saturated carbocycles. The molecule has 1 rings (SSSR count). The van der Waals surface area contributed by atoms with Crippen LogP contribution in [0.2, 0.25) is 0 Å². The summed E-state index contributed by atoms with van der Waals surface area (Å²) in [5.74, 6) is -3.56. The molecule has 7 heteroatoms. The number of halogens is 2. The van der Waals surface area contributed by atoms with Gasteiger partial charge in [0.15, 0.2) is 0 Å². The summed E-state index contributed by atoms with van der Waals surface area (Å²) in [6, 6.07) is 2.84. The van der Waals surface area contributed by atoms with Crippen molar-refractivity contribution in [3.63, 3.8) is 0 Å². The van der Waals surface area contributed by atoms with Crippen molar-refractivity contribution in [1.29, 1.82) is 0 Å². The molecule has 0 spiro atoms. The summed E-state index contributed by atoms with van der Waals surface area (Å²) in [7, 11) is 0. The number of carbonyl (C=O) groups is 1. The van der Waals surface area contributed by atoms with Crippen molar-refractivity contribution in [2.45, 2.75) is 12.8 Å². The Labute approximate surface area is 103 Å². The summed E-state index contributed by atoms with van der Waals surface area (Å²) in [4.78, 5) is 15.3. The first-order valence-corrected chi connectivity index (χ1v) is 5.45. The van der Waals surface area contributed by atoms with Crippen LogP contribution in [0.4, 0.5) is 14.5 Å². The number of aliphatic hydroxyl groups excluding tert-OH is 1. The van der Waals surface area contributed by atoms with E-state index in [1.54, 1.807) is 6.92 Å². The van der Waals surface area contributed by atoms with Crippen LogP contribution in [0.1, 0.15) is 17.4 Å². The molecule has 3 N–H and O–H groups in total. The van der Waals surface area contributed by atoms with Crippen LogP contribution in [-0.4, -0.2) is 41.6 Å². The minimum absolute atomic E-state index is 0.147. The molecule has 18 heavy (non-hydrogen) atoms. The second-order valence-electron chi connectivity index (χ2n) is 3.66. The zero-order valence-corrected chi connectivity index (χ0v) is 9.91. The molecule has 1 aromatic heterocycles. The average Bonchev–Trinajstić information content (AvgIpc) is 2.37. The maximum atomic E-state index is 12.8. The summed E-state index contributed by atoms with van der Waals surface area (Å²) in [6.07, 6.45) is 1.35. The first kappa shape index (κ1) is 14.3. The fraction of sp³-hybridized carbons (Fsp3) is 0.455. The smallest absolute Gasteiger partial charge is 0.287 e. The number of alkyl halides is 2. The molecule has 0 radical (unpaired) electrons. The Hall–Kier alpha value is -1.76. The maximum Gasteiger partial charge on any atom is 0.287 e. The molecule has 1 aromatic rings. The minimum Gasteiger partial charge on any atom is -0.390 e. The van der Waals surface area contributed by atoms with E-state index in [-0.39, 0.29) is 11.6 Å². The number of rotatable bonds is 6. The van der Waals surface area contributed by atoms with E-state index in [2.05, 4.69) is 15.6 Å². The van der Waals surface area contributed by atoms with E-state index in [0.717, 1.165) is 0 Å². The van der Waals surface area contributed by atoms with E-state index in [4.69, 9.17) is 5.11 Å². The topological polar surface area (TPSA) is 74.2 Å². The predicted molar refractivity (Wildman–Crippen MR) is 62.8 cm³/mol. The highest BCUT2D eigenvalue weighted by molar-refractivity contribution is 5.93. The number of pyridine rings is 1. The summed E-state index contributed by atoms with van der Waals surface area (Å²) in [5.41, 5.74) is 0.494. The van der Waals surface area contributed by atoms with Gasteiger partial charge in [-0.15, -0.1) is 0 Å². The van der Waals surface area contributed by atoms with Crippen LogP contribution in [0.15, 0.2) is 18.3 Å². The number of hydrogen-bond donors (Lipinski definition) is 3. The lowest BCUT2D eigenvalue weighted by Crippen LogP contribution is -2.31. The van der Waals surface area contributed by atoms with E-state index in [0.29, 0.717) is 12.2 Å². The molecule has 0 atom stereocenters. The Morgan fingerprint density at radius 3 is 2.89 bits per heavy atom. The molecule has 100 valence electrons. The van der Waals surface area contributed by atoms with Gasteiger partial charge < -0.3 is 15.7 Å². The summed E-state index contributed by atoms with van der Waals surface area (Å²) in [6.45, 7) is 0.291. The first-order chi connectivity index (χ1) is 8.48. The van der Waals surface area contributed by atoms with Crippen molar-refractivity contribution < 1.29 is 18.7 Å². The van der Waals surface area contributed by atoms with Crippen molar-refractivity contribution in [2.75, 3.05) is 25.0 Å². The number of hydrogen-bond acceptors (Lipinski definition) is 4. The number of nitrogens with one attached hydrogen (secondary N) is 2. The lowest BCUT2D eigenvalue weighted by atomic mass is 10.3. The molecule has 1 amide bonds. The Balaban J connectivity index is 2.68. The quantitative estimate of drug-likeness (QED) is 0.708. The zero-order chi connectivity index (χ0) is 13.6. The molecule has 0 bridgehead atoms. The number of aromatic nitrogens is 1. The molecule has 1 heterocycles. The van der Waals surface area contributed by atoms with Gasteiger partial charge in [0.25, 0.3) is 11.8 Å². The Bertz CT molecular complexity index is 413. The Morgan fingerprint density at radius 1 is 1.56 bits per heavy atom. The van der Waals surface area contributed by atoms with Gasteiger partial charge in [-0.05, 0) is 19.1 Å². The molecule has 0 aliphatic rings. The summed E-state index contributed by atoms with van der Waals surface area (Å²) < 4.78 is 25.6. The molecule has 0 aromatic carbocycles. The van der Waals surface area contributed by atoms with E-state index in [1.807, 2.05) is 0 Å². The fourth-order valence-corrected chi connectivity index (χ4v) is 1.20. The summed E-state index contributed by atoms with van der Waals surface area (Å²) >= 11 is 0. The van der Waals surface area contributed by atoms with Gasteiger partial charge in [-0.3, -0.25) is 9.78 Å². The SMILES string of the molecule is CCNC(=O)c1cc(NCC(F)(F)CO)ccn1. The molecular weight excluding hydrogens is 244 g/mol. The van der Waals surface area contributed by atoms with Gasteiger partial charge in [-0.25, -0.2) is 8.78 Å². The van der Waals surface area contributed by atoms with Crippen LogP contribution < -0.4 is 10.6 Å². The highest BCUT2D eigenvalue weighted by Crippen LogP contribution is 2.14. The largest absolute Gasteiger partial charge is 0.390 e. The minimum atomic E-state index is -3.20. The van der Waals surface area contributed by atoms with E-state index in [1.165, 1.54) is 18.3 Å². The van der Waals surface area contributed by atoms with Crippen molar-refractivity contribution in [3.8, 4) is 0 Å². The van der Waals surface area contributed by atoms with Crippen LogP contribution in [-0.2, 0) is 0 Å². The molecule has 0 unspecified atom stereocenters. The fourth-order valence-electron chi connectivity index (χ4n) is 1.20. The molecule has 0 aliphatic carbocycles. The van der Waals surface area contributed by atoms with E-state index in [9.17, 15) is 13.6 Å².